The molecule has 0 fully saturated rings. The van der Waals surface area contributed by atoms with Crippen LogP contribution >= 0.6 is 0 Å². The lowest BCUT2D eigenvalue weighted by atomic mass is 9.98. The van der Waals surface area contributed by atoms with Gasteiger partial charge in [0, 0.05) is 5.56 Å². The van der Waals surface area contributed by atoms with E-state index in [-0.39, 0.29) is 11.9 Å². The van der Waals surface area contributed by atoms with Gasteiger partial charge in [-0.25, -0.2) is 0 Å². The van der Waals surface area contributed by atoms with Crippen LogP contribution in [0.4, 0.5) is 0 Å². The average molecular weight is 268 g/mol. The number of rotatable bonds is 3. The molecule has 0 saturated heterocycles. The second-order valence-electron chi connectivity index (χ2n) is 4.92. The predicted molar refractivity (Wildman–Crippen MR) is 76.4 cm³/mol. The lowest BCUT2D eigenvalue weighted by Crippen LogP contribution is -2.08. The van der Waals surface area contributed by atoms with Gasteiger partial charge in [-0.1, -0.05) is 37.3 Å². The zero-order valence-corrected chi connectivity index (χ0v) is 11.6. The largest absolute Gasteiger partial charge is 0.453 e. The summed E-state index contributed by atoms with van der Waals surface area (Å²) < 4.78 is 11.3. The van der Waals surface area contributed by atoms with Crippen LogP contribution in [-0.2, 0) is 4.79 Å². The van der Waals surface area contributed by atoms with Gasteiger partial charge in [0.05, 0.1) is 5.92 Å². The van der Waals surface area contributed by atoms with Gasteiger partial charge in [0.15, 0.2) is 11.5 Å². The van der Waals surface area contributed by atoms with E-state index in [1.807, 2.05) is 56.3 Å². The van der Waals surface area contributed by atoms with Crippen molar-refractivity contribution < 1.29 is 14.3 Å². The lowest BCUT2D eigenvalue weighted by molar-refractivity contribution is -0.134. The van der Waals surface area contributed by atoms with Crippen molar-refractivity contribution in [1.29, 1.82) is 0 Å². The third kappa shape index (κ3) is 2.05. The molecule has 1 heterocycles. The second kappa shape index (κ2) is 5.00. The number of aryl methyl sites for hydroxylation is 1. The van der Waals surface area contributed by atoms with Crippen LogP contribution in [0.25, 0.3) is 0 Å². The van der Waals surface area contributed by atoms with Gasteiger partial charge in [-0.3, -0.25) is 4.79 Å². The molecule has 1 atom stereocenters. The molecule has 0 bridgehead atoms. The Morgan fingerprint density at radius 1 is 1.10 bits per heavy atom. The summed E-state index contributed by atoms with van der Waals surface area (Å²) in [6.07, 6.45) is 0.736. The van der Waals surface area contributed by atoms with Crippen molar-refractivity contribution in [1.82, 2.24) is 0 Å². The molecule has 0 radical (unpaired) electrons. The number of benzene rings is 2. The number of ether oxygens (including phenoxy) is 2. The molecule has 0 N–H and O–H groups in total. The first kappa shape index (κ1) is 12.7. The van der Waals surface area contributed by atoms with E-state index in [4.69, 9.17) is 9.47 Å². The summed E-state index contributed by atoms with van der Waals surface area (Å²) >= 11 is 0. The molecule has 0 amide bonds. The summed E-state index contributed by atoms with van der Waals surface area (Å²) in [4.78, 5) is 11.9. The van der Waals surface area contributed by atoms with E-state index in [1.165, 1.54) is 0 Å². The van der Waals surface area contributed by atoms with Crippen LogP contribution < -0.4 is 9.47 Å². The summed E-state index contributed by atoms with van der Waals surface area (Å²) in [5, 5.41) is 0. The third-order valence-corrected chi connectivity index (χ3v) is 3.59. The zero-order valence-electron chi connectivity index (χ0n) is 11.6. The molecule has 1 aliphatic heterocycles. The summed E-state index contributed by atoms with van der Waals surface area (Å²) in [6, 6.07) is 13.4. The van der Waals surface area contributed by atoms with Crippen LogP contribution in [0.2, 0.25) is 0 Å². The van der Waals surface area contributed by atoms with E-state index in [0.29, 0.717) is 11.5 Å². The van der Waals surface area contributed by atoms with Crippen LogP contribution in [0, 0.1) is 6.92 Å². The van der Waals surface area contributed by atoms with Crippen molar-refractivity contribution in [2.24, 2.45) is 0 Å². The highest BCUT2D eigenvalue weighted by Gasteiger charge is 2.34. The molecular weight excluding hydrogens is 252 g/mol. The van der Waals surface area contributed by atoms with Crippen molar-refractivity contribution in [3.63, 3.8) is 0 Å². The molecule has 2 aromatic rings. The Labute approximate surface area is 118 Å². The molecule has 2 aromatic carbocycles. The smallest absolute Gasteiger partial charge is 0.319 e. The maximum absolute atomic E-state index is 11.9. The van der Waals surface area contributed by atoms with Crippen LogP contribution in [0.3, 0.4) is 0 Å². The van der Waals surface area contributed by atoms with Crippen molar-refractivity contribution in [2.45, 2.75) is 26.2 Å². The van der Waals surface area contributed by atoms with Crippen LogP contribution in [0.5, 0.6) is 17.2 Å². The fourth-order valence-electron chi connectivity index (χ4n) is 2.47. The summed E-state index contributed by atoms with van der Waals surface area (Å²) in [5.41, 5.74) is 1.96. The molecule has 3 rings (SSSR count). The van der Waals surface area contributed by atoms with E-state index in [1.54, 1.807) is 0 Å². The van der Waals surface area contributed by atoms with Gasteiger partial charge in [0.25, 0.3) is 0 Å². The summed E-state index contributed by atoms with van der Waals surface area (Å²) in [5.74, 6) is 1.57. The van der Waals surface area contributed by atoms with Gasteiger partial charge >= 0.3 is 5.97 Å². The van der Waals surface area contributed by atoms with Crippen molar-refractivity contribution in [2.75, 3.05) is 0 Å². The minimum atomic E-state index is -0.191. The van der Waals surface area contributed by atoms with E-state index in [9.17, 15) is 4.79 Å². The minimum absolute atomic E-state index is 0.176. The Kier molecular flexibility index (Phi) is 3.18. The SMILES string of the molecule is CCC1C(=O)Oc2c(Oc3ccccc3C)cccc21. The number of carbonyl (C=O) groups is 1. The molecule has 3 heteroatoms. The van der Waals surface area contributed by atoms with Crippen molar-refractivity contribution >= 4 is 5.97 Å². The van der Waals surface area contributed by atoms with E-state index in [2.05, 4.69) is 0 Å². The standard InChI is InChI=1S/C17H16O3/c1-3-12-13-8-6-10-15(16(13)20-17(12)18)19-14-9-5-4-7-11(14)2/h4-10,12H,3H2,1-2H3. The summed E-state index contributed by atoms with van der Waals surface area (Å²) in [7, 11) is 0. The van der Waals surface area contributed by atoms with Crippen LogP contribution in [0.1, 0.15) is 30.4 Å². The Morgan fingerprint density at radius 3 is 2.60 bits per heavy atom. The van der Waals surface area contributed by atoms with Gasteiger partial charge in [-0.2, -0.15) is 0 Å². The molecule has 3 nitrogen and oxygen atoms in total. The Morgan fingerprint density at radius 2 is 1.85 bits per heavy atom. The zero-order chi connectivity index (χ0) is 14.1. The molecule has 0 saturated carbocycles. The molecule has 1 unspecified atom stereocenters. The van der Waals surface area contributed by atoms with Gasteiger partial charge < -0.3 is 9.47 Å². The first-order chi connectivity index (χ1) is 9.70. The molecule has 0 aliphatic carbocycles. The first-order valence-corrected chi connectivity index (χ1v) is 6.78. The summed E-state index contributed by atoms with van der Waals surface area (Å²) in [6.45, 7) is 3.97. The topological polar surface area (TPSA) is 35.5 Å². The van der Waals surface area contributed by atoms with Crippen molar-refractivity contribution in [3.8, 4) is 17.2 Å². The van der Waals surface area contributed by atoms with Gasteiger partial charge in [0.1, 0.15) is 5.75 Å². The van der Waals surface area contributed by atoms with Gasteiger partial charge in [-0.05, 0) is 31.0 Å². The highest BCUT2D eigenvalue weighted by Crippen LogP contribution is 2.44. The minimum Gasteiger partial charge on any atom is -0.453 e. The lowest BCUT2D eigenvalue weighted by Gasteiger charge is -2.11. The highest BCUT2D eigenvalue weighted by atomic mass is 16.6. The normalized spacial score (nSPS) is 16.7. The van der Waals surface area contributed by atoms with E-state index >= 15 is 0 Å². The fourth-order valence-corrected chi connectivity index (χ4v) is 2.47. The first-order valence-electron chi connectivity index (χ1n) is 6.78. The molecular formula is C17H16O3. The third-order valence-electron chi connectivity index (χ3n) is 3.59. The number of hydrogen-bond donors (Lipinski definition) is 0. The highest BCUT2D eigenvalue weighted by molar-refractivity contribution is 5.87. The number of para-hydroxylation sites is 2. The van der Waals surface area contributed by atoms with Crippen LogP contribution in [0.15, 0.2) is 42.5 Å². The second-order valence-corrected chi connectivity index (χ2v) is 4.92. The maximum atomic E-state index is 11.9. The quantitative estimate of drug-likeness (QED) is 0.618. The van der Waals surface area contributed by atoms with E-state index < -0.39 is 0 Å². The fraction of sp³-hybridized carbons (Fsp3) is 0.235. The van der Waals surface area contributed by atoms with Crippen molar-refractivity contribution in [3.05, 3.63) is 53.6 Å². The number of hydrogen-bond acceptors (Lipinski definition) is 3. The Hall–Kier alpha value is -2.29. The monoisotopic (exact) mass is 268 g/mol. The van der Waals surface area contributed by atoms with Gasteiger partial charge in [-0.15, -0.1) is 0 Å². The molecule has 20 heavy (non-hydrogen) atoms. The number of carbonyl (C=O) groups excluding carboxylic acids is 1. The maximum Gasteiger partial charge on any atom is 0.319 e. The van der Waals surface area contributed by atoms with Crippen LogP contribution in [-0.4, -0.2) is 5.97 Å². The van der Waals surface area contributed by atoms with E-state index in [0.717, 1.165) is 23.3 Å². The van der Waals surface area contributed by atoms with Gasteiger partial charge in [0.2, 0.25) is 0 Å². The average Bonchev–Trinajstić information content (AvgIpc) is 2.78. The molecule has 102 valence electrons. The Bertz CT molecular complexity index is 661. The number of esters is 1. The molecule has 0 spiro atoms. The molecule has 1 aliphatic rings. The Balaban J connectivity index is 1.99. The number of fused-ring (bicyclic) bond motifs is 1. The molecule has 0 aromatic heterocycles. The predicted octanol–water partition coefficient (Wildman–Crippen LogP) is 4.20.